The van der Waals surface area contributed by atoms with Crippen LogP contribution in [0.1, 0.15) is 18.4 Å². The van der Waals surface area contributed by atoms with E-state index in [0.717, 1.165) is 60.9 Å². The lowest BCUT2D eigenvalue weighted by molar-refractivity contribution is 0.313. The van der Waals surface area contributed by atoms with Gasteiger partial charge < -0.3 is 25.0 Å². The minimum absolute atomic E-state index is 0.380. The Morgan fingerprint density at radius 1 is 0.971 bits per heavy atom. The van der Waals surface area contributed by atoms with Crippen LogP contribution in [-0.4, -0.2) is 58.7 Å². The third-order valence-corrected chi connectivity index (χ3v) is 7.35. The second-order valence-electron chi connectivity index (χ2n) is 9.00. The monoisotopic (exact) mass is 477 g/mol. The predicted molar refractivity (Wildman–Crippen MR) is 138 cm³/mol. The van der Waals surface area contributed by atoms with Crippen LogP contribution in [0.2, 0.25) is 0 Å². The Hall–Kier alpha value is -2.85. The molecule has 1 atom stereocenters. The molecular weight excluding hydrogens is 446 g/mol. The Kier molecular flexibility index (Phi) is 6.87. The van der Waals surface area contributed by atoms with Gasteiger partial charge in [0, 0.05) is 61.1 Å². The molecule has 9 heteroatoms. The summed E-state index contributed by atoms with van der Waals surface area (Å²) in [7, 11) is 2.17. The first-order valence-electron chi connectivity index (χ1n) is 11.7. The molecular formula is C25H31N7OS. The summed E-state index contributed by atoms with van der Waals surface area (Å²) in [4.78, 5) is 14.6. The molecule has 2 aliphatic rings. The molecule has 34 heavy (non-hydrogen) atoms. The highest BCUT2D eigenvalue weighted by Crippen LogP contribution is 2.26. The molecule has 0 radical (unpaired) electrons. The van der Waals surface area contributed by atoms with Crippen LogP contribution < -0.4 is 20.3 Å². The summed E-state index contributed by atoms with van der Waals surface area (Å²) in [5.74, 6) is 1.24. The van der Waals surface area contributed by atoms with E-state index in [-0.39, 0.29) is 0 Å². The number of piperazine rings is 1. The van der Waals surface area contributed by atoms with Crippen molar-refractivity contribution >= 4 is 40.2 Å². The highest BCUT2D eigenvalue weighted by Gasteiger charge is 2.27. The maximum atomic E-state index is 12.5. The van der Waals surface area contributed by atoms with E-state index in [1.54, 1.807) is 6.20 Å². The molecule has 8 nitrogen and oxygen atoms in total. The van der Waals surface area contributed by atoms with Crippen LogP contribution in [0.25, 0.3) is 0 Å². The van der Waals surface area contributed by atoms with Crippen LogP contribution in [0.15, 0.2) is 59.6 Å². The van der Waals surface area contributed by atoms with E-state index in [9.17, 15) is 4.55 Å². The van der Waals surface area contributed by atoms with Crippen LogP contribution >= 0.6 is 0 Å². The molecule has 1 saturated heterocycles. The van der Waals surface area contributed by atoms with E-state index >= 15 is 0 Å². The Labute approximate surface area is 204 Å². The molecule has 178 valence electrons. The summed E-state index contributed by atoms with van der Waals surface area (Å²) in [6, 6.07) is 16.4. The highest BCUT2D eigenvalue weighted by atomic mass is 32.2. The van der Waals surface area contributed by atoms with Crippen LogP contribution in [0.4, 0.5) is 28.8 Å². The number of aromatic nitrogens is 2. The lowest BCUT2D eigenvalue weighted by atomic mass is 10.2. The van der Waals surface area contributed by atoms with E-state index in [0.29, 0.717) is 17.8 Å². The van der Waals surface area contributed by atoms with Gasteiger partial charge in [0.05, 0.1) is 17.4 Å². The molecule has 1 aromatic heterocycles. The van der Waals surface area contributed by atoms with Crippen molar-refractivity contribution in [1.82, 2.24) is 19.6 Å². The van der Waals surface area contributed by atoms with E-state index in [1.807, 2.05) is 31.2 Å². The number of rotatable bonds is 8. The van der Waals surface area contributed by atoms with Gasteiger partial charge in [-0.3, -0.25) is 0 Å². The van der Waals surface area contributed by atoms with E-state index < -0.39 is 11.4 Å². The van der Waals surface area contributed by atoms with Crippen molar-refractivity contribution in [3.05, 3.63) is 60.3 Å². The molecule has 1 saturated carbocycles. The first-order valence-corrected chi connectivity index (χ1v) is 12.9. The number of nitrogens with zero attached hydrogens (tertiary/aromatic N) is 4. The van der Waals surface area contributed by atoms with E-state index in [4.69, 9.17) is 0 Å². The predicted octanol–water partition coefficient (Wildman–Crippen LogP) is 3.80. The van der Waals surface area contributed by atoms with Crippen molar-refractivity contribution in [2.75, 3.05) is 48.8 Å². The lowest BCUT2D eigenvalue weighted by Crippen LogP contribution is -2.44. The molecule has 1 aliphatic heterocycles. The smallest absolute Gasteiger partial charge is 0.229 e. The first kappa shape index (κ1) is 22.9. The normalized spacial score (nSPS) is 17.4. The zero-order chi connectivity index (χ0) is 23.5. The molecule has 0 bridgehead atoms. The van der Waals surface area contributed by atoms with Gasteiger partial charge in [0.1, 0.15) is 5.82 Å². The Bertz CT molecular complexity index is 1110. The van der Waals surface area contributed by atoms with Gasteiger partial charge in [-0.15, -0.1) is 4.72 Å². The van der Waals surface area contributed by atoms with Crippen LogP contribution in [0, 0.1) is 6.92 Å². The average Bonchev–Trinajstić information content (AvgIpc) is 3.66. The van der Waals surface area contributed by atoms with Crippen molar-refractivity contribution < 1.29 is 4.55 Å². The molecule has 3 N–H and O–H groups in total. The Morgan fingerprint density at radius 2 is 1.74 bits per heavy atom. The third-order valence-electron chi connectivity index (χ3n) is 6.13. The van der Waals surface area contributed by atoms with Gasteiger partial charge in [-0.25, -0.2) is 4.98 Å². The number of nitrogens with one attached hydrogen (secondary N) is 3. The second-order valence-corrected chi connectivity index (χ2v) is 10.2. The zero-order valence-corrected chi connectivity index (χ0v) is 20.4. The molecule has 2 aromatic carbocycles. The van der Waals surface area contributed by atoms with Crippen molar-refractivity contribution in [2.24, 2.45) is 0 Å². The molecule has 1 aliphatic carbocycles. The summed E-state index contributed by atoms with van der Waals surface area (Å²) >= 11 is -1.20. The number of hydrogen-bond donors (Lipinski definition) is 3. The number of likely N-dealkylation sites (N-methyl/N-ethyl adjacent to an activating group) is 1. The maximum absolute atomic E-state index is 12.5. The quantitative estimate of drug-likeness (QED) is 0.422. The number of hydrogen-bond acceptors (Lipinski definition) is 8. The fourth-order valence-electron chi connectivity index (χ4n) is 3.82. The highest BCUT2D eigenvalue weighted by molar-refractivity contribution is 7.89. The molecule has 0 spiro atoms. The Balaban J connectivity index is 1.25. The van der Waals surface area contributed by atoms with Gasteiger partial charge >= 0.3 is 0 Å². The SMILES string of the molecule is Cc1cnc(Nc2ccc(N3CCN(C)CC3)cc2)nc1Nc1cccc([S+]([O-])NC2CC2)c1. The number of benzene rings is 2. The topological polar surface area (TPSA) is 91.4 Å². The van der Waals surface area contributed by atoms with Crippen LogP contribution in [0.5, 0.6) is 0 Å². The molecule has 3 aromatic rings. The van der Waals surface area contributed by atoms with Crippen molar-refractivity contribution in [2.45, 2.75) is 30.7 Å². The summed E-state index contributed by atoms with van der Waals surface area (Å²) in [5.41, 5.74) is 3.95. The van der Waals surface area contributed by atoms with Gasteiger partial charge in [-0.2, -0.15) is 4.98 Å². The van der Waals surface area contributed by atoms with Gasteiger partial charge in [-0.05, 0) is 63.2 Å². The van der Waals surface area contributed by atoms with Crippen LogP contribution in [0.3, 0.4) is 0 Å². The standard InChI is InChI=1S/C25H31N7OS/c1-18-17-26-25(28-19-8-10-22(11-9-19)32-14-12-31(2)13-15-32)29-24(18)27-21-4-3-5-23(16-21)34(33)30-20-6-7-20/h3-5,8-11,16-17,20,30H,6-7,12-15H2,1-2H3,(H2,26,27,28,29). The molecule has 2 fully saturated rings. The Morgan fingerprint density at radius 3 is 2.47 bits per heavy atom. The lowest BCUT2D eigenvalue weighted by Gasteiger charge is -2.34. The summed E-state index contributed by atoms with van der Waals surface area (Å²) in [6.07, 6.45) is 3.99. The number of aryl methyl sites for hydroxylation is 1. The minimum Gasteiger partial charge on any atom is -0.593 e. The van der Waals surface area contributed by atoms with E-state index in [2.05, 4.69) is 66.4 Å². The number of anilines is 5. The van der Waals surface area contributed by atoms with Gasteiger partial charge in [0.15, 0.2) is 4.90 Å². The summed E-state index contributed by atoms with van der Waals surface area (Å²) < 4.78 is 15.6. The zero-order valence-electron chi connectivity index (χ0n) is 19.6. The fraction of sp³-hybridized carbons (Fsp3) is 0.360. The second kappa shape index (κ2) is 10.2. The fourth-order valence-corrected chi connectivity index (χ4v) is 4.94. The van der Waals surface area contributed by atoms with Crippen molar-refractivity contribution in [3.63, 3.8) is 0 Å². The van der Waals surface area contributed by atoms with Gasteiger partial charge in [0.25, 0.3) is 0 Å². The average molecular weight is 478 g/mol. The van der Waals surface area contributed by atoms with Crippen LogP contribution in [-0.2, 0) is 11.4 Å². The summed E-state index contributed by atoms with van der Waals surface area (Å²) in [5, 5.41) is 6.66. The van der Waals surface area contributed by atoms with Crippen molar-refractivity contribution in [1.29, 1.82) is 0 Å². The third kappa shape index (κ3) is 5.79. The summed E-state index contributed by atoms with van der Waals surface area (Å²) in [6.45, 7) is 6.23. The molecule has 0 amide bonds. The minimum atomic E-state index is -1.20. The van der Waals surface area contributed by atoms with E-state index in [1.165, 1.54) is 5.69 Å². The molecule has 1 unspecified atom stereocenters. The van der Waals surface area contributed by atoms with Gasteiger partial charge in [-0.1, -0.05) is 6.07 Å². The molecule has 2 heterocycles. The molecule has 5 rings (SSSR count). The first-order chi connectivity index (χ1) is 16.5. The van der Waals surface area contributed by atoms with Crippen molar-refractivity contribution in [3.8, 4) is 0 Å². The van der Waals surface area contributed by atoms with Gasteiger partial charge in [0.2, 0.25) is 5.95 Å². The maximum Gasteiger partial charge on any atom is 0.229 e. The largest absolute Gasteiger partial charge is 0.593 e.